The van der Waals surface area contributed by atoms with Crippen LogP contribution >= 0.6 is 0 Å². The Morgan fingerprint density at radius 2 is 1.91 bits per heavy atom. The molecule has 1 N–H and O–H groups in total. The molecule has 0 aromatic carbocycles. The second-order valence-corrected chi connectivity index (χ2v) is 6.47. The summed E-state index contributed by atoms with van der Waals surface area (Å²) in [5, 5.41) is -1.10. The summed E-state index contributed by atoms with van der Waals surface area (Å²) in [6.45, 7) is 0. The van der Waals surface area contributed by atoms with E-state index < -0.39 is 31.0 Å². The molecular weight excluding hydrogens is 192 g/mol. The molecule has 7 heteroatoms. The van der Waals surface area contributed by atoms with Gasteiger partial charge in [-0.15, -0.1) is 0 Å². The highest BCUT2D eigenvalue weighted by Crippen LogP contribution is 2.17. The number of sulfone groups is 1. The van der Waals surface area contributed by atoms with Crippen LogP contribution in [0, 0.1) is 0 Å². The maximum atomic E-state index is 10.7. The Kier molecular flexibility index (Phi) is 1.97. The van der Waals surface area contributed by atoms with Crippen LogP contribution in [0.1, 0.15) is 6.42 Å². The molecule has 1 atom stereocenters. The average Bonchev–Trinajstić information content (AvgIpc) is 2.07. The second-order valence-electron chi connectivity index (χ2n) is 2.54. The molecule has 0 radical (unpaired) electrons. The van der Waals surface area contributed by atoms with Gasteiger partial charge in [-0.3, -0.25) is 4.55 Å². The fourth-order valence-corrected chi connectivity index (χ4v) is 4.41. The lowest BCUT2D eigenvalue weighted by atomic mass is 10.4. The van der Waals surface area contributed by atoms with Crippen molar-refractivity contribution in [3.8, 4) is 0 Å². The van der Waals surface area contributed by atoms with Gasteiger partial charge in [-0.05, 0) is 6.42 Å². The van der Waals surface area contributed by atoms with Crippen molar-refractivity contribution < 1.29 is 21.4 Å². The summed E-state index contributed by atoms with van der Waals surface area (Å²) in [7, 11) is -7.37. The van der Waals surface area contributed by atoms with Crippen LogP contribution in [-0.2, 0) is 20.0 Å². The van der Waals surface area contributed by atoms with Crippen molar-refractivity contribution >= 4 is 20.0 Å². The predicted octanol–water partition coefficient (Wildman–Crippen LogP) is -0.939. The summed E-state index contributed by atoms with van der Waals surface area (Å²) in [6.07, 6.45) is 0.0150. The molecule has 1 rings (SSSR count). The molecule has 0 aliphatic carbocycles. The summed E-state index contributed by atoms with van der Waals surface area (Å²) >= 11 is 0. The largest absolute Gasteiger partial charge is 0.285 e. The van der Waals surface area contributed by atoms with Gasteiger partial charge in [0.15, 0.2) is 9.84 Å². The van der Waals surface area contributed by atoms with Gasteiger partial charge in [0.1, 0.15) is 5.25 Å². The minimum atomic E-state index is -4.15. The standard InChI is InChI=1S/C4H8O5S2/c5-10(6)2-1-4(3-10)11(7,8)9/h4H,1-3H2,(H,7,8,9)/t4-/m1/s1. The molecule has 0 saturated carbocycles. The Hall–Kier alpha value is -0.140. The van der Waals surface area contributed by atoms with E-state index in [0.29, 0.717) is 0 Å². The van der Waals surface area contributed by atoms with Crippen molar-refractivity contribution in [1.29, 1.82) is 0 Å². The van der Waals surface area contributed by atoms with Crippen LogP contribution in [0.25, 0.3) is 0 Å². The van der Waals surface area contributed by atoms with E-state index in [2.05, 4.69) is 0 Å². The van der Waals surface area contributed by atoms with E-state index in [4.69, 9.17) is 4.55 Å². The third kappa shape index (κ3) is 2.14. The maximum Gasteiger partial charge on any atom is 0.268 e. The summed E-state index contributed by atoms with van der Waals surface area (Å²) in [6, 6.07) is 0. The smallest absolute Gasteiger partial charge is 0.268 e. The Bertz CT molecular complexity index is 337. The monoisotopic (exact) mass is 200 g/mol. The molecule has 0 unspecified atom stereocenters. The summed E-state index contributed by atoms with van der Waals surface area (Å²) in [4.78, 5) is 0. The molecule has 1 aliphatic heterocycles. The molecule has 11 heavy (non-hydrogen) atoms. The van der Waals surface area contributed by atoms with Gasteiger partial charge >= 0.3 is 0 Å². The molecule has 0 spiro atoms. The molecule has 0 bridgehead atoms. The molecule has 0 aromatic heterocycles. The van der Waals surface area contributed by atoms with Crippen LogP contribution in [0.3, 0.4) is 0 Å². The van der Waals surface area contributed by atoms with Gasteiger partial charge < -0.3 is 0 Å². The molecule has 1 aliphatic rings. The van der Waals surface area contributed by atoms with E-state index in [1.807, 2.05) is 0 Å². The summed E-state index contributed by atoms with van der Waals surface area (Å²) in [5.74, 6) is -0.580. The van der Waals surface area contributed by atoms with E-state index in [0.717, 1.165) is 0 Å². The first-order chi connectivity index (χ1) is 4.81. The molecule has 1 heterocycles. The van der Waals surface area contributed by atoms with Gasteiger partial charge in [-0.1, -0.05) is 0 Å². The van der Waals surface area contributed by atoms with Gasteiger partial charge in [0.2, 0.25) is 0 Å². The Balaban J connectivity index is 2.87. The number of hydrogen-bond acceptors (Lipinski definition) is 4. The fourth-order valence-electron chi connectivity index (χ4n) is 0.996. The lowest BCUT2D eigenvalue weighted by Crippen LogP contribution is -2.21. The van der Waals surface area contributed by atoms with Crippen molar-refractivity contribution in [1.82, 2.24) is 0 Å². The van der Waals surface area contributed by atoms with E-state index in [1.54, 1.807) is 0 Å². The van der Waals surface area contributed by atoms with Gasteiger partial charge in [0.25, 0.3) is 10.1 Å². The quantitative estimate of drug-likeness (QED) is 0.552. The van der Waals surface area contributed by atoms with Crippen molar-refractivity contribution in [2.45, 2.75) is 11.7 Å². The molecule has 0 aromatic rings. The number of hydrogen-bond donors (Lipinski definition) is 1. The van der Waals surface area contributed by atoms with Gasteiger partial charge in [-0.2, -0.15) is 8.42 Å². The van der Waals surface area contributed by atoms with Crippen LogP contribution in [0.4, 0.5) is 0 Å². The molecule has 0 amide bonds. The molecule has 1 fully saturated rings. The van der Waals surface area contributed by atoms with Crippen LogP contribution in [0.15, 0.2) is 0 Å². The lowest BCUT2D eigenvalue weighted by molar-refractivity contribution is 0.470. The summed E-state index contributed by atoms with van der Waals surface area (Å²) < 4.78 is 50.7. The van der Waals surface area contributed by atoms with Gasteiger partial charge in [0, 0.05) is 0 Å². The minimum Gasteiger partial charge on any atom is -0.285 e. The van der Waals surface area contributed by atoms with Crippen LogP contribution < -0.4 is 0 Å². The lowest BCUT2D eigenvalue weighted by Gasteiger charge is -2.00. The third-order valence-electron chi connectivity index (χ3n) is 1.61. The van der Waals surface area contributed by atoms with Crippen molar-refractivity contribution in [3.05, 3.63) is 0 Å². The van der Waals surface area contributed by atoms with Crippen molar-refractivity contribution in [2.24, 2.45) is 0 Å². The zero-order valence-electron chi connectivity index (χ0n) is 5.60. The topological polar surface area (TPSA) is 88.5 Å². The van der Waals surface area contributed by atoms with Crippen LogP contribution in [-0.4, -0.2) is 38.1 Å². The Labute approximate surface area is 65.1 Å². The SMILES string of the molecule is O=S1(=O)CC[C@@H](S(=O)(=O)O)C1. The molecular formula is C4H8O5S2. The highest BCUT2D eigenvalue weighted by molar-refractivity contribution is 7.94. The second kappa shape index (κ2) is 2.43. The van der Waals surface area contributed by atoms with E-state index in [9.17, 15) is 16.8 Å². The Morgan fingerprint density at radius 3 is 2.09 bits per heavy atom. The van der Waals surface area contributed by atoms with Gasteiger partial charge in [-0.25, -0.2) is 8.42 Å². The van der Waals surface area contributed by atoms with Crippen molar-refractivity contribution in [2.75, 3.05) is 11.5 Å². The normalized spacial score (nSPS) is 30.5. The molecule has 1 saturated heterocycles. The summed E-state index contributed by atoms with van der Waals surface area (Å²) in [5.41, 5.74) is 0. The molecule has 5 nitrogen and oxygen atoms in total. The Morgan fingerprint density at radius 1 is 1.36 bits per heavy atom. The molecule has 66 valence electrons. The van der Waals surface area contributed by atoms with E-state index >= 15 is 0 Å². The van der Waals surface area contributed by atoms with E-state index in [-0.39, 0.29) is 12.2 Å². The van der Waals surface area contributed by atoms with Crippen LogP contribution in [0.5, 0.6) is 0 Å². The van der Waals surface area contributed by atoms with Crippen LogP contribution in [0.2, 0.25) is 0 Å². The first-order valence-electron chi connectivity index (χ1n) is 2.98. The first kappa shape index (κ1) is 8.95. The highest BCUT2D eigenvalue weighted by atomic mass is 32.2. The fraction of sp³-hybridized carbons (Fsp3) is 1.00. The zero-order chi connectivity index (χ0) is 8.70. The average molecular weight is 200 g/mol. The van der Waals surface area contributed by atoms with Crippen molar-refractivity contribution in [3.63, 3.8) is 0 Å². The highest BCUT2D eigenvalue weighted by Gasteiger charge is 2.35. The van der Waals surface area contributed by atoms with Gasteiger partial charge in [0.05, 0.1) is 11.5 Å². The third-order valence-corrected chi connectivity index (χ3v) is 4.84. The maximum absolute atomic E-state index is 10.7. The zero-order valence-corrected chi connectivity index (χ0v) is 7.23. The first-order valence-corrected chi connectivity index (χ1v) is 6.30. The predicted molar refractivity (Wildman–Crippen MR) is 38.6 cm³/mol. The number of rotatable bonds is 1. The van der Waals surface area contributed by atoms with E-state index in [1.165, 1.54) is 0 Å². The minimum absolute atomic E-state index is 0.0150.